The molecule has 0 unspecified atom stereocenters. The number of allylic oxidation sites excluding steroid dienone is 4. The van der Waals surface area contributed by atoms with Crippen molar-refractivity contribution < 1.29 is 0 Å². The molecule has 17 heavy (non-hydrogen) atoms. The van der Waals surface area contributed by atoms with Crippen LogP contribution in [-0.2, 0) is 0 Å². The Kier molecular flexibility index (Phi) is 5.77. The van der Waals surface area contributed by atoms with Crippen LogP contribution in [0.3, 0.4) is 0 Å². The third kappa shape index (κ3) is 5.54. The van der Waals surface area contributed by atoms with Crippen molar-refractivity contribution in [1.29, 1.82) is 5.26 Å². The van der Waals surface area contributed by atoms with Crippen molar-refractivity contribution in [2.75, 3.05) is 0 Å². The van der Waals surface area contributed by atoms with Crippen LogP contribution < -0.4 is 0 Å². The Bertz CT molecular complexity index is 335. The van der Waals surface area contributed by atoms with Crippen molar-refractivity contribution in [1.82, 2.24) is 0 Å². The van der Waals surface area contributed by atoms with Crippen LogP contribution >= 0.6 is 0 Å². The van der Waals surface area contributed by atoms with Gasteiger partial charge in [0, 0.05) is 5.57 Å². The molecule has 0 aliphatic heterocycles. The molecule has 0 aromatic rings. The molecule has 0 N–H and O–H groups in total. The molecule has 1 fully saturated rings. The Balaban J connectivity index is 2.22. The zero-order valence-corrected chi connectivity index (χ0v) is 10.9. The maximum atomic E-state index is 8.58. The van der Waals surface area contributed by atoms with E-state index in [0.29, 0.717) is 5.57 Å². The molecule has 0 bridgehead atoms. The van der Waals surface area contributed by atoms with Crippen molar-refractivity contribution in [3.63, 3.8) is 0 Å². The van der Waals surface area contributed by atoms with Gasteiger partial charge in [-0.05, 0) is 30.8 Å². The van der Waals surface area contributed by atoms with E-state index >= 15 is 0 Å². The highest BCUT2D eigenvalue weighted by Gasteiger charge is 2.17. The average molecular weight is 229 g/mol. The fourth-order valence-electron chi connectivity index (χ4n) is 2.35. The summed E-state index contributed by atoms with van der Waals surface area (Å²) in [6.07, 6.45) is 11.5. The van der Waals surface area contributed by atoms with Crippen molar-refractivity contribution in [3.8, 4) is 6.07 Å². The highest BCUT2D eigenvalue weighted by Crippen LogP contribution is 2.31. The molecule has 1 aliphatic carbocycles. The van der Waals surface area contributed by atoms with E-state index in [4.69, 9.17) is 5.26 Å². The highest BCUT2D eigenvalue weighted by atomic mass is 14.2. The summed E-state index contributed by atoms with van der Waals surface area (Å²) < 4.78 is 0. The smallest absolute Gasteiger partial charge is 0.0985 e. The van der Waals surface area contributed by atoms with Crippen molar-refractivity contribution in [2.24, 2.45) is 11.8 Å². The van der Waals surface area contributed by atoms with E-state index in [0.717, 1.165) is 23.8 Å². The first-order valence-corrected chi connectivity index (χ1v) is 6.56. The number of nitrogens with zero attached hydrogens (tertiary/aromatic N) is 1. The van der Waals surface area contributed by atoms with Gasteiger partial charge in [-0.1, -0.05) is 57.4 Å². The molecule has 0 heterocycles. The van der Waals surface area contributed by atoms with Gasteiger partial charge in [0.05, 0.1) is 6.07 Å². The minimum atomic E-state index is 0.498. The molecule has 1 aliphatic rings. The van der Waals surface area contributed by atoms with E-state index < -0.39 is 0 Å². The molecule has 0 aromatic heterocycles. The summed E-state index contributed by atoms with van der Waals surface area (Å²) in [5.74, 6) is 1.81. The molecule has 0 atom stereocenters. The number of nitriles is 1. The van der Waals surface area contributed by atoms with Gasteiger partial charge in [-0.25, -0.2) is 0 Å². The van der Waals surface area contributed by atoms with Gasteiger partial charge in [-0.15, -0.1) is 0 Å². The molecule has 0 amide bonds. The SMILES string of the molecule is C=C(C#N)/C=C\C(=C)CCC1CCC(C)CC1. The Labute approximate surface area is 106 Å². The third-order valence-electron chi connectivity index (χ3n) is 3.67. The lowest BCUT2D eigenvalue weighted by molar-refractivity contribution is 0.278. The van der Waals surface area contributed by atoms with Gasteiger partial charge in [0.25, 0.3) is 0 Å². The Hall–Kier alpha value is -1.29. The summed E-state index contributed by atoms with van der Waals surface area (Å²) in [6.45, 7) is 9.99. The fourth-order valence-corrected chi connectivity index (χ4v) is 2.35. The van der Waals surface area contributed by atoms with Crippen LogP contribution in [0, 0.1) is 23.2 Å². The van der Waals surface area contributed by atoms with Gasteiger partial charge >= 0.3 is 0 Å². The molecule has 92 valence electrons. The quantitative estimate of drug-likeness (QED) is 0.491. The topological polar surface area (TPSA) is 23.8 Å². The van der Waals surface area contributed by atoms with Crippen molar-refractivity contribution in [3.05, 3.63) is 36.5 Å². The molecule has 1 nitrogen and oxygen atoms in total. The minimum Gasteiger partial charge on any atom is -0.192 e. The average Bonchev–Trinajstić information content (AvgIpc) is 2.35. The van der Waals surface area contributed by atoms with E-state index in [2.05, 4.69) is 20.1 Å². The summed E-state index contributed by atoms with van der Waals surface area (Å²) in [7, 11) is 0. The second kappa shape index (κ2) is 7.12. The van der Waals surface area contributed by atoms with Gasteiger partial charge in [0.15, 0.2) is 0 Å². The van der Waals surface area contributed by atoms with Gasteiger partial charge in [-0.3, -0.25) is 0 Å². The predicted molar refractivity (Wildman–Crippen MR) is 73.4 cm³/mol. The molecule has 0 aromatic carbocycles. The maximum absolute atomic E-state index is 8.58. The van der Waals surface area contributed by atoms with Crippen LogP contribution in [0.15, 0.2) is 36.5 Å². The lowest BCUT2D eigenvalue weighted by atomic mass is 9.80. The number of hydrogen-bond donors (Lipinski definition) is 0. The van der Waals surface area contributed by atoms with E-state index in [1.165, 1.54) is 32.1 Å². The van der Waals surface area contributed by atoms with E-state index in [-0.39, 0.29) is 0 Å². The summed E-state index contributed by atoms with van der Waals surface area (Å²) in [6, 6.07) is 2.01. The van der Waals surface area contributed by atoms with Gasteiger partial charge in [0.2, 0.25) is 0 Å². The molecule has 0 radical (unpaired) electrons. The van der Waals surface area contributed by atoms with Gasteiger partial charge in [-0.2, -0.15) is 5.26 Å². The third-order valence-corrected chi connectivity index (χ3v) is 3.67. The number of rotatable bonds is 5. The van der Waals surface area contributed by atoms with Gasteiger partial charge < -0.3 is 0 Å². The first kappa shape index (κ1) is 13.8. The first-order valence-electron chi connectivity index (χ1n) is 6.56. The zero-order valence-electron chi connectivity index (χ0n) is 10.9. The number of hydrogen-bond acceptors (Lipinski definition) is 1. The summed E-state index contributed by atoms with van der Waals surface area (Å²) in [5, 5.41) is 8.58. The summed E-state index contributed by atoms with van der Waals surface area (Å²) in [4.78, 5) is 0. The minimum absolute atomic E-state index is 0.498. The summed E-state index contributed by atoms with van der Waals surface area (Å²) >= 11 is 0. The molecule has 0 saturated heterocycles. The lowest BCUT2D eigenvalue weighted by Gasteiger charge is -2.26. The highest BCUT2D eigenvalue weighted by molar-refractivity contribution is 5.33. The standard InChI is InChI=1S/C16H23N/c1-13(4-5-15(3)12-17)6-9-16-10-7-14(2)8-11-16/h4-5,14,16H,1,3,6-11H2,2H3/b5-4-. The zero-order chi connectivity index (χ0) is 12.7. The largest absolute Gasteiger partial charge is 0.192 e. The predicted octanol–water partition coefficient (Wildman–Crippen LogP) is 4.79. The molecule has 1 rings (SSSR count). The van der Waals surface area contributed by atoms with Crippen LogP contribution in [0.2, 0.25) is 0 Å². The molecule has 1 heteroatoms. The second-order valence-electron chi connectivity index (χ2n) is 5.29. The van der Waals surface area contributed by atoms with Crippen LogP contribution in [0.25, 0.3) is 0 Å². The second-order valence-corrected chi connectivity index (χ2v) is 5.29. The molecular weight excluding hydrogens is 206 g/mol. The maximum Gasteiger partial charge on any atom is 0.0985 e. The van der Waals surface area contributed by atoms with Gasteiger partial charge in [0.1, 0.15) is 0 Å². The Morgan fingerprint density at radius 2 is 1.88 bits per heavy atom. The van der Waals surface area contributed by atoms with E-state index in [1.54, 1.807) is 6.08 Å². The normalized spacial score (nSPS) is 24.5. The Morgan fingerprint density at radius 3 is 2.47 bits per heavy atom. The van der Waals surface area contributed by atoms with Crippen LogP contribution in [0.5, 0.6) is 0 Å². The molecule has 0 spiro atoms. The summed E-state index contributed by atoms with van der Waals surface area (Å²) in [5.41, 5.74) is 1.61. The lowest BCUT2D eigenvalue weighted by Crippen LogP contribution is -2.12. The monoisotopic (exact) mass is 229 g/mol. The fraction of sp³-hybridized carbons (Fsp3) is 0.562. The van der Waals surface area contributed by atoms with Crippen LogP contribution in [0.4, 0.5) is 0 Å². The van der Waals surface area contributed by atoms with E-state index in [1.807, 2.05) is 12.1 Å². The van der Waals surface area contributed by atoms with Crippen molar-refractivity contribution >= 4 is 0 Å². The van der Waals surface area contributed by atoms with Crippen molar-refractivity contribution in [2.45, 2.75) is 45.4 Å². The molecule has 1 saturated carbocycles. The molecular formula is C16H23N. The van der Waals surface area contributed by atoms with E-state index in [9.17, 15) is 0 Å². The first-order chi connectivity index (χ1) is 8.11. The Morgan fingerprint density at radius 1 is 1.24 bits per heavy atom. The van der Waals surface area contributed by atoms with Crippen LogP contribution in [0.1, 0.15) is 45.4 Å². The van der Waals surface area contributed by atoms with Crippen LogP contribution in [-0.4, -0.2) is 0 Å².